The van der Waals surface area contributed by atoms with Gasteiger partial charge in [-0.25, -0.2) is 0 Å². The molecule has 0 aliphatic carbocycles. The van der Waals surface area contributed by atoms with Gasteiger partial charge in [0.1, 0.15) is 12.2 Å². The minimum absolute atomic E-state index is 0.0464. The highest BCUT2D eigenvalue weighted by Crippen LogP contribution is 2.16. The van der Waals surface area contributed by atoms with Crippen LogP contribution in [0.5, 0.6) is 0 Å². The van der Waals surface area contributed by atoms with Crippen molar-refractivity contribution in [1.29, 1.82) is 0 Å². The Kier molecular flexibility index (Phi) is 7.26. The summed E-state index contributed by atoms with van der Waals surface area (Å²) in [5.74, 6) is 0. The lowest BCUT2D eigenvalue weighted by molar-refractivity contribution is 0.482. The summed E-state index contributed by atoms with van der Waals surface area (Å²) in [6.45, 7) is 3.50. The molecule has 17 heavy (non-hydrogen) atoms. The van der Waals surface area contributed by atoms with Crippen molar-refractivity contribution >= 4 is 29.6 Å². The Labute approximate surface area is 106 Å². The second kappa shape index (κ2) is 7.58. The van der Waals surface area contributed by atoms with Crippen LogP contribution in [0, 0.1) is 0 Å². The van der Waals surface area contributed by atoms with Gasteiger partial charge in [-0.2, -0.15) is 13.3 Å². The maximum atomic E-state index is 10.8. The molecule has 0 bridgehead atoms. The van der Waals surface area contributed by atoms with Gasteiger partial charge in [0, 0.05) is 0 Å². The fourth-order valence-corrected chi connectivity index (χ4v) is 1.81. The van der Waals surface area contributed by atoms with Crippen molar-refractivity contribution in [3.05, 3.63) is 42.5 Å². The number of thiol groups is 1. The predicted molar refractivity (Wildman–Crippen MR) is 69.0 cm³/mol. The van der Waals surface area contributed by atoms with Crippen LogP contribution in [0.2, 0.25) is 0 Å². The molecule has 0 aliphatic rings. The van der Waals surface area contributed by atoms with Crippen LogP contribution in [0.4, 0.5) is 0 Å². The van der Waals surface area contributed by atoms with Crippen LogP contribution < -0.4 is 0 Å². The van der Waals surface area contributed by atoms with Crippen LogP contribution in [0.3, 0.4) is 0 Å². The van der Waals surface area contributed by atoms with E-state index in [0.717, 1.165) is 0 Å². The molecule has 1 unspecified atom stereocenters. The van der Waals surface area contributed by atoms with E-state index in [0.29, 0.717) is 12.0 Å². The van der Waals surface area contributed by atoms with Gasteiger partial charge in [-0.1, -0.05) is 24.3 Å². The van der Waals surface area contributed by atoms with E-state index in [1.165, 1.54) is 6.07 Å². The molecule has 1 rings (SSSR count). The number of allylic oxidation sites excluding steroid dienone is 1. The van der Waals surface area contributed by atoms with Crippen LogP contribution in [-0.4, -0.2) is 17.9 Å². The summed E-state index contributed by atoms with van der Waals surface area (Å²) >= 11 is 3.03. The lowest BCUT2D eigenvalue weighted by Crippen LogP contribution is -2.02. The monoisotopic (exact) mass is 295 g/mol. The zero-order chi connectivity index (χ0) is 13.5. The summed E-state index contributed by atoms with van der Waals surface area (Å²) < 4.78 is 39.5. The molecule has 5 nitrogen and oxygen atoms in total. The van der Waals surface area contributed by atoms with Crippen LogP contribution >= 0.6 is 19.5 Å². The summed E-state index contributed by atoms with van der Waals surface area (Å²) in [6.07, 6.45) is 2.01. The molecule has 1 atom stereocenters. The van der Waals surface area contributed by atoms with Crippen molar-refractivity contribution in [2.75, 3.05) is 0 Å². The topological polar surface area (TPSA) is 91.7 Å². The fraction of sp³-hybridized carbons (Fsp3) is 0.111. The SMILES string of the molecule is C=CCc1ccccc1S(=O)(=O)O.O=[P+](O)S. The normalized spacial score (nSPS) is 11.1. The molecule has 0 amide bonds. The Morgan fingerprint density at radius 2 is 1.88 bits per heavy atom. The third-order valence-electron chi connectivity index (χ3n) is 1.61. The van der Waals surface area contributed by atoms with E-state index in [-0.39, 0.29) is 4.90 Å². The standard InChI is InChI=1S/C9H10O3S.HO2PS/c1-2-5-8-6-3-4-7-9(8)13(10,11)12;1-3(2)4/h2-4,6-7H,1,5H2,(H,10,11,12);(H-,1,2,4)/p+1. The summed E-state index contributed by atoms with van der Waals surface area (Å²) in [7, 11) is -6.28. The second-order valence-electron chi connectivity index (χ2n) is 2.83. The van der Waals surface area contributed by atoms with Crippen LogP contribution in [0.15, 0.2) is 41.8 Å². The second-order valence-corrected chi connectivity index (χ2v) is 5.75. The molecule has 0 aromatic heterocycles. The van der Waals surface area contributed by atoms with Crippen molar-refractivity contribution < 1.29 is 22.4 Å². The van der Waals surface area contributed by atoms with E-state index in [1.54, 1.807) is 24.3 Å². The van der Waals surface area contributed by atoms with Gasteiger partial charge < -0.3 is 0 Å². The highest BCUT2D eigenvalue weighted by molar-refractivity contribution is 8.38. The van der Waals surface area contributed by atoms with Gasteiger partial charge in [0.25, 0.3) is 10.1 Å². The van der Waals surface area contributed by atoms with Gasteiger partial charge >= 0.3 is 7.23 Å². The lowest BCUT2D eigenvalue weighted by Gasteiger charge is -2.02. The Morgan fingerprint density at radius 1 is 1.41 bits per heavy atom. The van der Waals surface area contributed by atoms with E-state index in [2.05, 4.69) is 18.8 Å². The first-order valence-electron chi connectivity index (χ1n) is 4.30. The zero-order valence-electron chi connectivity index (χ0n) is 8.72. The van der Waals surface area contributed by atoms with Gasteiger partial charge in [0.05, 0.1) is 4.90 Å². The molecular formula is C9H12O5PS2+. The van der Waals surface area contributed by atoms with Crippen LogP contribution in [0.1, 0.15) is 5.56 Å². The van der Waals surface area contributed by atoms with E-state index < -0.39 is 17.3 Å². The largest absolute Gasteiger partial charge is 0.579 e. The fourth-order valence-electron chi connectivity index (χ4n) is 1.08. The molecule has 1 aromatic rings. The van der Waals surface area contributed by atoms with Gasteiger partial charge in [0.15, 0.2) is 0 Å². The Morgan fingerprint density at radius 3 is 2.29 bits per heavy atom. The first kappa shape index (κ1) is 16.3. The zero-order valence-corrected chi connectivity index (χ0v) is 11.3. The number of benzene rings is 1. The Bertz CT molecular complexity index is 494. The molecule has 0 saturated heterocycles. The predicted octanol–water partition coefficient (Wildman–Crippen LogP) is 2.23. The van der Waals surface area contributed by atoms with Crippen molar-refractivity contribution in [3.8, 4) is 0 Å². The maximum Gasteiger partial charge on any atom is 0.579 e. The smallest absolute Gasteiger partial charge is 0.282 e. The molecule has 0 heterocycles. The van der Waals surface area contributed by atoms with Crippen molar-refractivity contribution in [1.82, 2.24) is 0 Å². The summed E-state index contributed by atoms with van der Waals surface area (Å²) in [4.78, 5) is 7.38. The first-order valence-corrected chi connectivity index (χ1v) is 8.11. The molecule has 1 aromatic carbocycles. The van der Waals surface area contributed by atoms with Crippen molar-refractivity contribution in [3.63, 3.8) is 0 Å². The van der Waals surface area contributed by atoms with E-state index in [9.17, 15) is 8.42 Å². The molecule has 0 fully saturated rings. The Balaban J connectivity index is 0.000000557. The molecule has 94 valence electrons. The molecule has 0 aliphatic heterocycles. The van der Waals surface area contributed by atoms with Crippen molar-refractivity contribution in [2.45, 2.75) is 11.3 Å². The lowest BCUT2D eigenvalue weighted by atomic mass is 10.1. The number of hydrogen-bond donors (Lipinski definition) is 3. The quantitative estimate of drug-likeness (QED) is 0.344. The average Bonchev–Trinajstić information content (AvgIpc) is 2.16. The van der Waals surface area contributed by atoms with Gasteiger partial charge in [0.2, 0.25) is 0 Å². The van der Waals surface area contributed by atoms with E-state index in [1.807, 2.05) is 0 Å². The third-order valence-corrected chi connectivity index (χ3v) is 2.57. The summed E-state index contributed by atoms with van der Waals surface area (Å²) in [6, 6.07) is 6.29. The number of hydrogen-bond acceptors (Lipinski definition) is 3. The summed E-state index contributed by atoms with van der Waals surface area (Å²) in [5.41, 5.74) is 0.556. The molecule has 2 N–H and O–H groups in total. The first-order chi connectivity index (χ1) is 7.79. The van der Waals surface area contributed by atoms with Gasteiger partial charge in [-0.3, -0.25) is 4.55 Å². The minimum Gasteiger partial charge on any atom is -0.282 e. The molecule has 0 saturated carbocycles. The highest BCUT2D eigenvalue weighted by atomic mass is 32.7. The van der Waals surface area contributed by atoms with E-state index in [4.69, 9.17) is 14.0 Å². The maximum absolute atomic E-state index is 10.8. The molecule has 8 heteroatoms. The van der Waals surface area contributed by atoms with Crippen LogP contribution in [-0.2, 0) is 21.1 Å². The van der Waals surface area contributed by atoms with Crippen molar-refractivity contribution in [2.24, 2.45) is 0 Å². The van der Waals surface area contributed by atoms with Crippen LogP contribution in [0.25, 0.3) is 0 Å². The minimum atomic E-state index is -4.10. The van der Waals surface area contributed by atoms with Gasteiger partial charge in [-0.05, 0) is 22.6 Å². The molecule has 0 spiro atoms. The average molecular weight is 295 g/mol. The molecular weight excluding hydrogens is 283 g/mol. The molecule has 0 radical (unpaired) electrons. The Hall–Kier alpha value is -0.720. The number of rotatable bonds is 3. The highest BCUT2D eigenvalue weighted by Gasteiger charge is 2.12. The van der Waals surface area contributed by atoms with E-state index >= 15 is 0 Å². The van der Waals surface area contributed by atoms with Gasteiger partial charge in [-0.15, -0.1) is 6.58 Å². The third kappa shape index (κ3) is 7.25. The summed E-state index contributed by atoms with van der Waals surface area (Å²) in [5, 5.41) is 0.